The van der Waals surface area contributed by atoms with E-state index in [0.29, 0.717) is 17.0 Å². The highest BCUT2D eigenvalue weighted by Crippen LogP contribution is 2.44. The number of Topliss-reactive ketones (excluding diaryl/α,β-unsaturated/α-hetero) is 1. The number of rotatable bonds is 5. The van der Waals surface area contributed by atoms with Gasteiger partial charge >= 0.3 is 0 Å². The minimum Gasteiger partial charge on any atom is -0.508 e. The van der Waals surface area contributed by atoms with Crippen molar-refractivity contribution in [2.45, 2.75) is 19.9 Å². The highest BCUT2D eigenvalue weighted by atomic mass is 16.5. The van der Waals surface area contributed by atoms with Crippen molar-refractivity contribution in [2.75, 3.05) is 19.1 Å². The quantitative estimate of drug-likeness (QED) is 0.328. The lowest BCUT2D eigenvalue weighted by Gasteiger charge is -2.26. The minimum atomic E-state index is -0.957. The Morgan fingerprint density at radius 2 is 1.68 bits per heavy atom. The summed E-state index contributed by atoms with van der Waals surface area (Å²) in [7, 11) is 2.94. The number of anilines is 1. The molecule has 0 saturated carbocycles. The van der Waals surface area contributed by atoms with Crippen LogP contribution in [-0.4, -0.2) is 36.1 Å². The van der Waals surface area contributed by atoms with Crippen molar-refractivity contribution in [3.05, 3.63) is 88.5 Å². The summed E-state index contributed by atoms with van der Waals surface area (Å²) in [5.74, 6) is -1.22. The van der Waals surface area contributed by atoms with E-state index in [1.54, 1.807) is 36.4 Å². The van der Waals surface area contributed by atoms with Crippen molar-refractivity contribution in [3.8, 4) is 17.2 Å². The molecule has 34 heavy (non-hydrogen) atoms. The molecule has 7 nitrogen and oxygen atoms in total. The van der Waals surface area contributed by atoms with Gasteiger partial charge in [0, 0.05) is 11.8 Å². The van der Waals surface area contributed by atoms with Gasteiger partial charge in [0.05, 0.1) is 31.4 Å². The van der Waals surface area contributed by atoms with Gasteiger partial charge in [-0.05, 0) is 66.9 Å². The van der Waals surface area contributed by atoms with Gasteiger partial charge in [0.2, 0.25) is 0 Å². The second-order valence-corrected chi connectivity index (χ2v) is 8.10. The van der Waals surface area contributed by atoms with Crippen LogP contribution in [0.15, 0.2) is 66.2 Å². The SMILES string of the molecule is COc1ccc(/C(O)=C2/C(=O)C(=O)N(c3ccc(C)c(C)c3)C2c2cccc(O)c2)c(OC)c1. The molecule has 174 valence electrons. The van der Waals surface area contributed by atoms with Gasteiger partial charge in [-0.25, -0.2) is 0 Å². The number of phenols is 1. The second-order valence-electron chi connectivity index (χ2n) is 8.10. The maximum atomic E-state index is 13.3. The lowest BCUT2D eigenvalue weighted by Crippen LogP contribution is -2.29. The molecule has 1 heterocycles. The zero-order chi connectivity index (χ0) is 24.6. The van der Waals surface area contributed by atoms with Crippen LogP contribution in [0.3, 0.4) is 0 Å². The zero-order valence-electron chi connectivity index (χ0n) is 19.3. The molecule has 1 unspecified atom stereocenters. The summed E-state index contributed by atoms with van der Waals surface area (Å²) in [6, 6.07) is 15.6. The molecule has 4 rings (SSSR count). The molecule has 1 atom stereocenters. The fourth-order valence-corrected chi connectivity index (χ4v) is 4.12. The molecule has 0 spiro atoms. The van der Waals surface area contributed by atoms with Crippen LogP contribution in [0.1, 0.15) is 28.3 Å². The van der Waals surface area contributed by atoms with Crippen LogP contribution in [0.5, 0.6) is 17.2 Å². The van der Waals surface area contributed by atoms with Gasteiger partial charge in [-0.3, -0.25) is 14.5 Å². The largest absolute Gasteiger partial charge is 0.508 e. The van der Waals surface area contributed by atoms with Gasteiger partial charge in [-0.2, -0.15) is 0 Å². The fraction of sp³-hybridized carbons (Fsp3) is 0.185. The average molecular weight is 459 g/mol. The van der Waals surface area contributed by atoms with E-state index in [9.17, 15) is 19.8 Å². The number of benzene rings is 3. The maximum Gasteiger partial charge on any atom is 0.300 e. The van der Waals surface area contributed by atoms with Crippen molar-refractivity contribution in [3.63, 3.8) is 0 Å². The van der Waals surface area contributed by atoms with Crippen LogP contribution in [0.25, 0.3) is 5.76 Å². The predicted molar refractivity (Wildman–Crippen MR) is 128 cm³/mol. The summed E-state index contributed by atoms with van der Waals surface area (Å²) in [6.45, 7) is 3.87. The number of aliphatic hydroxyl groups is 1. The van der Waals surface area contributed by atoms with E-state index in [-0.39, 0.29) is 28.4 Å². The van der Waals surface area contributed by atoms with Crippen molar-refractivity contribution in [1.29, 1.82) is 0 Å². The molecular formula is C27H25NO6. The van der Waals surface area contributed by atoms with Gasteiger partial charge in [0.15, 0.2) is 0 Å². The van der Waals surface area contributed by atoms with Gasteiger partial charge in [-0.1, -0.05) is 18.2 Å². The molecule has 7 heteroatoms. The van der Waals surface area contributed by atoms with E-state index >= 15 is 0 Å². The summed E-state index contributed by atoms with van der Waals surface area (Å²) in [5, 5.41) is 21.5. The average Bonchev–Trinajstić information content (AvgIpc) is 3.10. The summed E-state index contributed by atoms with van der Waals surface area (Å²) < 4.78 is 10.6. The number of amides is 1. The topological polar surface area (TPSA) is 96.3 Å². The number of ether oxygens (including phenoxy) is 2. The lowest BCUT2D eigenvalue weighted by molar-refractivity contribution is -0.132. The Kier molecular flexibility index (Phi) is 6.03. The smallest absolute Gasteiger partial charge is 0.300 e. The van der Waals surface area contributed by atoms with Crippen molar-refractivity contribution < 1.29 is 29.3 Å². The van der Waals surface area contributed by atoms with Crippen LogP contribution < -0.4 is 14.4 Å². The number of methoxy groups -OCH3 is 2. The molecule has 2 N–H and O–H groups in total. The minimum absolute atomic E-state index is 0.0230. The van der Waals surface area contributed by atoms with Gasteiger partial charge in [0.1, 0.15) is 23.0 Å². The molecule has 0 radical (unpaired) electrons. The Balaban J connectivity index is 1.98. The van der Waals surface area contributed by atoms with Gasteiger partial charge < -0.3 is 19.7 Å². The number of phenolic OH excluding ortho intramolecular Hbond substituents is 1. The van der Waals surface area contributed by atoms with Crippen LogP contribution in [-0.2, 0) is 9.59 Å². The second kappa shape index (κ2) is 8.94. The van der Waals surface area contributed by atoms with Gasteiger partial charge in [-0.15, -0.1) is 0 Å². The van der Waals surface area contributed by atoms with E-state index in [4.69, 9.17) is 9.47 Å². The summed E-state index contributed by atoms with van der Waals surface area (Å²) in [4.78, 5) is 28.0. The normalized spacial score (nSPS) is 17.2. The Labute approximate surface area is 197 Å². The lowest BCUT2D eigenvalue weighted by atomic mass is 9.94. The Bertz CT molecular complexity index is 1330. The van der Waals surface area contributed by atoms with E-state index in [0.717, 1.165) is 11.1 Å². The fourth-order valence-electron chi connectivity index (χ4n) is 4.12. The third-order valence-electron chi connectivity index (χ3n) is 6.06. The molecule has 3 aromatic carbocycles. The molecule has 1 aliphatic rings. The number of aromatic hydroxyl groups is 1. The summed E-state index contributed by atoms with van der Waals surface area (Å²) in [6.07, 6.45) is 0. The van der Waals surface area contributed by atoms with E-state index < -0.39 is 17.7 Å². The number of carbonyl (C=O) groups excluding carboxylic acids is 2. The molecule has 1 fully saturated rings. The number of nitrogens with zero attached hydrogens (tertiary/aromatic N) is 1. The summed E-state index contributed by atoms with van der Waals surface area (Å²) in [5.41, 5.74) is 3.12. The monoisotopic (exact) mass is 459 g/mol. The molecule has 3 aromatic rings. The third-order valence-corrected chi connectivity index (χ3v) is 6.06. The molecular weight excluding hydrogens is 434 g/mol. The maximum absolute atomic E-state index is 13.3. The Morgan fingerprint density at radius 1 is 0.912 bits per heavy atom. The van der Waals surface area contributed by atoms with Crippen LogP contribution in [0.4, 0.5) is 5.69 Å². The van der Waals surface area contributed by atoms with Crippen LogP contribution >= 0.6 is 0 Å². The molecule has 0 aromatic heterocycles. The number of ketones is 1. The van der Waals surface area contributed by atoms with E-state index in [2.05, 4.69) is 0 Å². The molecule has 1 amide bonds. The summed E-state index contributed by atoms with van der Waals surface area (Å²) >= 11 is 0. The van der Waals surface area contributed by atoms with Gasteiger partial charge in [0.25, 0.3) is 11.7 Å². The van der Waals surface area contributed by atoms with Crippen molar-refractivity contribution in [1.82, 2.24) is 0 Å². The first kappa shape index (κ1) is 22.9. The van der Waals surface area contributed by atoms with Crippen LogP contribution in [0, 0.1) is 13.8 Å². The number of carbonyl (C=O) groups is 2. The third kappa shape index (κ3) is 3.85. The van der Waals surface area contributed by atoms with Crippen molar-refractivity contribution in [2.24, 2.45) is 0 Å². The first-order valence-electron chi connectivity index (χ1n) is 10.7. The molecule has 0 bridgehead atoms. The number of aliphatic hydroxyl groups excluding tert-OH is 1. The molecule has 0 aliphatic carbocycles. The first-order valence-corrected chi connectivity index (χ1v) is 10.7. The number of hydrogen-bond donors (Lipinski definition) is 2. The van der Waals surface area contributed by atoms with Crippen molar-refractivity contribution >= 4 is 23.1 Å². The molecule has 1 aliphatic heterocycles. The highest BCUT2D eigenvalue weighted by Gasteiger charge is 2.47. The first-order chi connectivity index (χ1) is 16.3. The van der Waals surface area contributed by atoms with E-state index in [1.807, 2.05) is 26.0 Å². The Hall–Kier alpha value is -4.26. The number of aryl methyl sites for hydroxylation is 2. The molecule has 1 saturated heterocycles. The predicted octanol–water partition coefficient (Wildman–Crippen LogP) is 4.65. The Morgan fingerprint density at radius 3 is 2.32 bits per heavy atom. The zero-order valence-corrected chi connectivity index (χ0v) is 19.3. The van der Waals surface area contributed by atoms with Crippen LogP contribution in [0.2, 0.25) is 0 Å². The highest BCUT2D eigenvalue weighted by molar-refractivity contribution is 6.51. The van der Waals surface area contributed by atoms with E-state index in [1.165, 1.54) is 31.3 Å². The standard InChI is InChI=1S/C27H25NO6/c1-15-8-9-18(12-16(15)2)28-24(17-6-5-7-19(29)13-17)23(26(31)27(28)32)25(30)21-11-10-20(33-3)14-22(21)34-4/h5-14,24,29-30H,1-4H3/b25-23-. The number of hydrogen-bond acceptors (Lipinski definition) is 6.